The van der Waals surface area contributed by atoms with Gasteiger partial charge in [0, 0.05) is 26.1 Å². The molecular formula is C14H18N4O2S. The zero-order chi connectivity index (χ0) is 14.7. The van der Waals surface area contributed by atoms with Crippen LogP contribution in [0.25, 0.3) is 0 Å². The summed E-state index contributed by atoms with van der Waals surface area (Å²) >= 11 is 1.49. The highest BCUT2D eigenvalue weighted by Crippen LogP contribution is 2.18. The molecule has 0 spiro atoms. The molecule has 0 amide bonds. The highest BCUT2D eigenvalue weighted by Gasteiger charge is 2.27. The molecule has 0 aliphatic carbocycles. The van der Waals surface area contributed by atoms with E-state index < -0.39 is 0 Å². The van der Waals surface area contributed by atoms with Crippen LogP contribution in [0.5, 0.6) is 0 Å². The Labute approximate surface area is 127 Å². The van der Waals surface area contributed by atoms with Crippen molar-refractivity contribution in [1.29, 1.82) is 0 Å². The van der Waals surface area contributed by atoms with Crippen molar-refractivity contribution in [2.75, 3.05) is 19.8 Å². The predicted octanol–water partition coefficient (Wildman–Crippen LogP) is 1.35. The first-order valence-corrected chi connectivity index (χ1v) is 7.83. The van der Waals surface area contributed by atoms with Gasteiger partial charge in [-0.1, -0.05) is 6.07 Å². The van der Waals surface area contributed by atoms with Gasteiger partial charge in [-0.2, -0.15) is 5.10 Å². The number of hydrogen-bond donors (Lipinski definition) is 0. The molecule has 1 aliphatic heterocycles. The lowest BCUT2D eigenvalue weighted by molar-refractivity contribution is -0.0140. The summed E-state index contributed by atoms with van der Waals surface area (Å²) < 4.78 is 7.32. The van der Waals surface area contributed by atoms with Crippen molar-refractivity contribution in [3.8, 4) is 0 Å². The first kappa shape index (κ1) is 14.4. The quantitative estimate of drug-likeness (QED) is 0.780. The maximum atomic E-state index is 12.3. The average molecular weight is 306 g/mol. The third-order valence-electron chi connectivity index (χ3n) is 3.72. The Hall–Kier alpha value is -1.57. The Morgan fingerprint density at radius 2 is 2.48 bits per heavy atom. The minimum Gasteiger partial charge on any atom is -0.378 e. The normalized spacial score (nSPS) is 19.8. The molecule has 0 radical (unpaired) electrons. The van der Waals surface area contributed by atoms with E-state index in [0.717, 1.165) is 17.2 Å². The van der Waals surface area contributed by atoms with E-state index in [9.17, 15) is 4.79 Å². The molecule has 0 bridgehead atoms. The molecule has 7 heteroatoms. The van der Waals surface area contributed by atoms with E-state index >= 15 is 0 Å². The third-order valence-corrected chi connectivity index (χ3v) is 4.63. The summed E-state index contributed by atoms with van der Waals surface area (Å²) in [6.07, 6.45) is 2.04. The second-order valence-electron chi connectivity index (χ2n) is 5.10. The number of nitrogens with zero attached hydrogens (tertiary/aromatic N) is 4. The minimum atomic E-state index is 0.102. The van der Waals surface area contributed by atoms with Gasteiger partial charge in [-0.25, -0.2) is 4.98 Å². The van der Waals surface area contributed by atoms with Crippen molar-refractivity contribution >= 4 is 17.1 Å². The van der Waals surface area contributed by atoms with Gasteiger partial charge in [0.1, 0.15) is 12.2 Å². The average Bonchev–Trinajstić information content (AvgIpc) is 3.13. The molecule has 1 unspecified atom stereocenters. The third kappa shape index (κ3) is 3.37. The molecule has 2 aromatic heterocycles. The molecule has 21 heavy (non-hydrogen) atoms. The van der Waals surface area contributed by atoms with Gasteiger partial charge in [0.15, 0.2) is 5.78 Å². The number of ketones is 1. The molecule has 3 heterocycles. The van der Waals surface area contributed by atoms with Crippen LogP contribution in [-0.4, -0.2) is 51.2 Å². The summed E-state index contributed by atoms with van der Waals surface area (Å²) in [5.41, 5.74) is 0. The summed E-state index contributed by atoms with van der Waals surface area (Å²) in [6.45, 7) is 2.80. The summed E-state index contributed by atoms with van der Waals surface area (Å²) in [4.78, 5) is 19.6. The maximum Gasteiger partial charge on any atom is 0.174 e. The van der Waals surface area contributed by atoms with Gasteiger partial charge in [-0.05, 0) is 11.4 Å². The van der Waals surface area contributed by atoms with Gasteiger partial charge in [-0.3, -0.25) is 14.4 Å². The highest BCUT2D eigenvalue weighted by atomic mass is 32.1. The van der Waals surface area contributed by atoms with Crippen molar-refractivity contribution in [3.05, 3.63) is 34.5 Å². The number of hydrogen-bond acceptors (Lipinski definition) is 6. The number of Topliss-reactive ketones (excluding diaryl/α,β-unsaturated/α-hetero) is 1. The highest BCUT2D eigenvalue weighted by molar-refractivity contribution is 7.12. The molecule has 1 saturated heterocycles. The number of carbonyl (C=O) groups excluding carboxylic acids is 1. The van der Waals surface area contributed by atoms with E-state index in [1.165, 1.54) is 11.3 Å². The molecule has 0 saturated carbocycles. The predicted molar refractivity (Wildman–Crippen MR) is 79.3 cm³/mol. The second-order valence-corrected chi connectivity index (χ2v) is 6.05. The van der Waals surface area contributed by atoms with Gasteiger partial charge in [0.05, 0.1) is 24.6 Å². The molecule has 1 fully saturated rings. The molecule has 0 aromatic carbocycles. The number of ether oxygens (including phenoxy) is 1. The molecule has 3 rings (SSSR count). The summed E-state index contributed by atoms with van der Waals surface area (Å²) in [5.74, 6) is 1.09. The van der Waals surface area contributed by atoms with E-state index in [-0.39, 0.29) is 11.8 Å². The van der Waals surface area contributed by atoms with Gasteiger partial charge >= 0.3 is 0 Å². The van der Waals surface area contributed by atoms with Crippen LogP contribution in [-0.2, 0) is 18.3 Å². The van der Waals surface area contributed by atoms with Crippen LogP contribution in [0.4, 0.5) is 0 Å². The van der Waals surface area contributed by atoms with Crippen molar-refractivity contribution in [1.82, 2.24) is 19.7 Å². The molecule has 2 aromatic rings. The number of carbonyl (C=O) groups is 1. The molecule has 112 valence electrons. The zero-order valence-electron chi connectivity index (χ0n) is 11.9. The van der Waals surface area contributed by atoms with Gasteiger partial charge in [-0.15, -0.1) is 11.3 Å². The fourth-order valence-corrected chi connectivity index (χ4v) is 3.16. The van der Waals surface area contributed by atoms with Crippen LogP contribution < -0.4 is 0 Å². The van der Waals surface area contributed by atoms with Crippen LogP contribution in [0.2, 0.25) is 0 Å². The number of thiophene rings is 1. The Kier molecular flexibility index (Phi) is 4.42. The fraction of sp³-hybridized carbons (Fsp3) is 0.500. The Morgan fingerprint density at radius 3 is 3.19 bits per heavy atom. The first-order valence-electron chi connectivity index (χ1n) is 6.95. The zero-order valence-corrected chi connectivity index (χ0v) is 12.8. The van der Waals surface area contributed by atoms with Crippen LogP contribution in [0.15, 0.2) is 23.8 Å². The van der Waals surface area contributed by atoms with Gasteiger partial charge in [0.2, 0.25) is 0 Å². The van der Waals surface area contributed by atoms with Crippen LogP contribution >= 0.6 is 11.3 Å². The monoisotopic (exact) mass is 306 g/mol. The van der Waals surface area contributed by atoms with E-state index in [0.29, 0.717) is 26.2 Å². The lowest BCUT2D eigenvalue weighted by Gasteiger charge is -2.34. The van der Waals surface area contributed by atoms with Crippen LogP contribution in [0, 0.1) is 0 Å². The SMILES string of the molecule is Cn1ncnc1CN1CCOCC1CC(=O)c1cccs1. The molecule has 6 nitrogen and oxygen atoms in total. The number of rotatable bonds is 5. The van der Waals surface area contributed by atoms with Crippen LogP contribution in [0.1, 0.15) is 21.9 Å². The smallest absolute Gasteiger partial charge is 0.174 e. The fourth-order valence-electron chi connectivity index (χ4n) is 2.48. The van der Waals surface area contributed by atoms with Gasteiger partial charge in [0.25, 0.3) is 0 Å². The maximum absolute atomic E-state index is 12.3. The Balaban J connectivity index is 1.67. The van der Waals surface area contributed by atoms with Gasteiger partial charge < -0.3 is 4.74 Å². The topological polar surface area (TPSA) is 60.3 Å². The minimum absolute atomic E-state index is 0.102. The van der Waals surface area contributed by atoms with Crippen molar-refractivity contribution in [2.24, 2.45) is 7.05 Å². The molecule has 1 aliphatic rings. The summed E-state index contributed by atoms with van der Waals surface area (Å²) in [7, 11) is 1.88. The van der Waals surface area contributed by atoms with Crippen molar-refractivity contribution in [3.63, 3.8) is 0 Å². The standard InChI is InChI=1S/C14H18N4O2S/c1-17-14(15-10-16-17)8-18-4-5-20-9-11(18)7-12(19)13-3-2-6-21-13/h2-3,6,10-11H,4-5,7-9H2,1H3. The largest absolute Gasteiger partial charge is 0.378 e. The molecule has 1 atom stereocenters. The van der Waals surface area contributed by atoms with E-state index in [1.54, 1.807) is 11.0 Å². The summed E-state index contributed by atoms with van der Waals surface area (Å²) in [6, 6.07) is 3.89. The number of aryl methyl sites for hydroxylation is 1. The lowest BCUT2D eigenvalue weighted by atomic mass is 10.1. The van der Waals surface area contributed by atoms with Crippen molar-refractivity contribution in [2.45, 2.75) is 19.0 Å². The molecular weight excluding hydrogens is 288 g/mol. The van der Waals surface area contributed by atoms with Crippen molar-refractivity contribution < 1.29 is 9.53 Å². The van der Waals surface area contributed by atoms with E-state index in [4.69, 9.17) is 4.74 Å². The van der Waals surface area contributed by atoms with E-state index in [2.05, 4.69) is 15.0 Å². The molecule has 0 N–H and O–H groups in total. The Morgan fingerprint density at radius 1 is 1.57 bits per heavy atom. The second kappa shape index (κ2) is 6.46. The Bertz CT molecular complexity index is 596. The summed E-state index contributed by atoms with van der Waals surface area (Å²) in [5, 5.41) is 6.02. The van der Waals surface area contributed by atoms with E-state index in [1.807, 2.05) is 24.6 Å². The number of aromatic nitrogens is 3. The lowest BCUT2D eigenvalue weighted by Crippen LogP contribution is -2.46. The first-order chi connectivity index (χ1) is 10.2. The number of morpholine rings is 1. The van der Waals surface area contributed by atoms with Crippen LogP contribution in [0.3, 0.4) is 0 Å².